The Bertz CT molecular complexity index is 1500. The van der Waals surface area contributed by atoms with Crippen molar-refractivity contribution in [2.24, 2.45) is 0 Å². The molecule has 0 amide bonds. The van der Waals surface area contributed by atoms with Crippen molar-refractivity contribution >= 4 is 10.9 Å². The molecule has 0 aliphatic heterocycles. The highest BCUT2D eigenvalue weighted by atomic mass is 19.1. The molecule has 0 saturated heterocycles. The number of nitrogens with zero attached hydrogens (tertiary/aromatic N) is 3. The zero-order chi connectivity index (χ0) is 22.8. The molecule has 3 aromatic carbocycles. The number of hydrogen-bond donors (Lipinski definition) is 0. The molecule has 5 aromatic rings. The quantitative estimate of drug-likeness (QED) is 0.351. The minimum absolute atomic E-state index is 0.174. The van der Waals surface area contributed by atoms with Crippen LogP contribution >= 0.6 is 0 Å². The summed E-state index contributed by atoms with van der Waals surface area (Å²) in [7, 11) is 0. The minimum Gasteiger partial charge on any atom is -0.457 e. The molecule has 0 bridgehead atoms. The fraction of sp³-hybridized carbons (Fsp3) is 0.0741. The number of fused-ring (bicyclic) bond motifs is 1. The van der Waals surface area contributed by atoms with Crippen molar-refractivity contribution in [3.05, 3.63) is 119 Å². The van der Waals surface area contributed by atoms with E-state index >= 15 is 0 Å². The Balaban J connectivity index is 1.66. The van der Waals surface area contributed by atoms with Gasteiger partial charge in [-0.05, 0) is 66.6 Å². The maximum atomic E-state index is 13.7. The summed E-state index contributed by atoms with van der Waals surface area (Å²) in [6.45, 7) is 2.34. The van der Waals surface area contributed by atoms with E-state index in [4.69, 9.17) is 9.72 Å². The van der Waals surface area contributed by atoms with Gasteiger partial charge >= 0.3 is 0 Å². The Morgan fingerprint density at radius 2 is 1.73 bits per heavy atom. The summed E-state index contributed by atoms with van der Waals surface area (Å²) in [6, 6.07) is 22.6. The third-order valence-corrected chi connectivity index (χ3v) is 5.42. The van der Waals surface area contributed by atoms with Gasteiger partial charge in [0.2, 0.25) is 0 Å². The molecule has 33 heavy (non-hydrogen) atoms. The maximum absolute atomic E-state index is 13.7. The van der Waals surface area contributed by atoms with Gasteiger partial charge in [-0.1, -0.05) is 30.3 Å². The summed E-state index contributed by atoms with van der Waals surface area (Å²) in [5.74, 6) is 1.22. The lowest BCUT2D eigenvalue weighted by Gasteiger charge is -2.16. The second kappa shape index (κ2) is 8.67. The van der Waals surface area contributed by atoms with E-state index in [1.54, 1.807) is 47.3 Å². The second-order valence-corrected chi connectivity index (χ2v) is 7.74. The Morgan fingerprint density at radius 1 is 0.939 bits per heavy atom. The Kier molecular flexibility index (Phi) is 5.40. The van der Waals surface area contributed by atoms with Gasteiger partial charge in [-0.2, -0.15) is 0 Å². The standard InChI is InChI=1S/C27H20FN3O2/c1-18-5-2-3-7-23(18)26-30-25-13-12-22(33-21-10-8-20(28)9-11-21)15-24(25)27(32)31(26)17-19-6-4-14-29-16-19/h2-16H,17H2,1H3. The van der Waals surface area contributed by atoms with Gasteiger partial charge in [0.05, 0.1) is 17.4 Å². The molecule has 0 N–H and O–H groups in total. The number of aromatic nitrogens is 3. The van der Waals surface area contributed by atoms with Gasteiger partial charge in [0.15, 0.2) is 0 Å². The van der Waals surface area contributed by atoms with Crippen molar-refractivity contribution in [3.63, 3.8) is 0 Å². The normalized spacial score (nSPS) is 11.0. The van der Waals surface area contributed by atoms with Crippen LogP contribution < -0.4 is 10.3 Å². The van der Waals surface area contributed by atoms with Crippen LogP contribution in [0.3, 0.4) is 0 Å². The molecule has 0 aliphatic carbocycles. The van der Waals surface area contributed by atoms with Crippen LogP contribution in [0.2, 0.25) is 0 Å². The van der Waals surface area contributed by atoms with E-state index in [1.807, 2.05) is 43.3 Å². The molecule has 162 valence electrons. The number of ether oxygens (including phenoxy) is 1. The van der Waals surface area contributed by atoms with Gasteiger partial charge in [-0.3, -0.25) is 14.3 Å². The number of halogens is 1. The SMILES string of the molecule is Cc1ccccc1-c1nc2ccc(Oc3ccc(F)cc3)cc2c(=O)n1Cc1cccnc1. The summed E-state index contributed by atoms with van der Waals surface area (Å²) in [6.07, 6.45) is 3.44. The van der Waals surface area contributed by atoms with Crippen LogP contribution in [0.5, 0.6) is 11.5 Å². The summed E-state index contributed by atoms with van der Waals surface area (Å²) >= 11 is 0. The monoisotopic (exact) mass is 437 g/mol. The number of rotatable bonds is 5. The smallest absolute Gasteiger partial charge is 0.262 e. The van der Waals surface area contributed by atoms with Crippen LogP contribution in [-0.2, 0) is 6.54 Å². The average Bonchev–Trinajstić information content (AvgIpc) is 2.84. The zero-order valence-electron chi connectivity index (χ0n) is 17.9. The lowest BCUT2D eigenvalue weighted by atomic mass is 10.1. The van der Waals surface area contributed by atoms with Crippen molar-refractivity contribution in [1.29, 1.82) is 0 Å². The predicted octanol–water partition coefficient (Wildman–Crippen LogP) is 5.75. The highest BCUT2D eigenvalue weighted by Crippen LogP contribution is 2.27. The third-order valence-electron chi connectivity index (χ3n) is 5.42. The minimum atomic E-state index is -0.341. The van der Waals surface area contributed by atoms with Crippen molar-refractivity contribution in [2.45, 2.75) is 13.5 Å². The largest absolute Gasteiger partial charge is 0.457 e. The molecular formula is C27H20FN3O2. The first-order chi connectivity index (χ1) is 16.1. The number of pyridine rings is 1. The maximum Gasteiger partial charge on any atom is 0.262 e. The van der Waals surface area contributed by atoms with Crippen LogP contribution in [0.25, 0.3) is 22.3 Å². The Hall–Kier alpha value is -4.32. The van der Waals surface area contributed by atoms with Crippen molar-refractivity contribution in [3.8, 4) is 22.9 Å². The zero-order valence-corrected chi connectivity index (χ0v) is 17.9. The highest BCUT2D eigenvalue weighted by Gasteiger charge is 2.16. The average molecular weight is 437 g/mol. The summed E-state index contributed by atoms with van der Waals surface area (Å²) < 4.78 is 20.7. The molecule has 0 unspecified atom stereocenters. The van der Waals surface area contributed by atoms with E-state index in [0.29, 0.717) is 34.8 Å². The summed E-state index contributed by atoms with van der Waals surface area (Å²) in [5.41, 5.74) is 3.22. The first-order valence-electron chi connectivity index (χ1n) is 10.5. The van der Waals surface area contributed by atoms with E-state index in [0.717, 1.165) is 16.7 Å². The molecule has 6 heteroatoms. The molecule has 2 heterocycles. The molecule has 0 atom stereocenters. The van der Waals surface area contributed by atoms with Crippen LogP contribution in [-0.4, -0.2) is 14.5 Å². The summed E-state index contributed by atoms with van der Waals surface area (Å²) in [5, 5.41) is 0.441. The molecular weight excluding hydrogens is 417 g/mol. The molecule has 5 rings (SSSR count). The van der Waals surface area contributed by atoms with E-state index in [1.165, 1.54) is 12.1 Å². The molecule has 0 aliphatic rings. The second-order valence-electron chi connectivity index (χ2n) is 7.74. The fourth-order valence-corrected chi connectivity index (χ4v) is 3.75. The molecule has 5 nitrogen and oxygen atoms in total. The van der Waals surface area contributed by atoms with E-state index in [-0.39, 0.29) is 11.4 Å². The van der Waals surface area contributed by atoms with Crippen LogP contribution in [0.1, 0.15) is 11.1 Å². The molecule has 2 aromatic heterocycles. The van der Waals surface area contributed by atoms with Crippen LogP contribution in [0.15, 0.2) is 96.1 Å². The number of benzene rings is 3. The lowest BCUT2D eigenvalue weighted by Crippen LogP contribution is -2.24. The number of hydrogen-bond acceptors (Lipinski definition) is 4. The Morgan fingerprint density at radius 3 is 2.48 bits per heavy atom. The van der Waals surface area contributed by atoms with E-state index < -0.39 is 0 Å². The Labute approximate surface area is 189 Å². The first kappa shape index (κ1) is 20.6. The lowest BCUT2D eigenvalue weighted by molar-refractivity contribution is 0.481. The highest BCUT2D eigenvalue weighted by molar-refractivity contribution is 5.81. The topological polar surface area (TPSA) is 57.0 Å². The third kappa shape index (κ3) is 4.23. The van der Waals surface area contributed by atoms with Gasteiger partial charge in [0.25, 0.3) is 5.56 Å². The van der Waals surface area contributed by atoms with Crippen LogP contribution in [0.4, 0.5) is 4.39 Å². The number of aryl methyl sites for hydroxylation is 1. The predicted molar refractivity (Wildman–Crippen MR) is 126 cm³/mol. The van der Waals surface area contributed by atoms with Crippen molar-refractivity contribution < 1.29 is 9.13 Å². The molecule has 0 fully saturated rings. The molecule has 0 spiro atoms. The van der Waals surface area contributed by atoms with Gasteiger partial charge in [0.1, 0.15) is 23.1 Å². The van der Waals surface area contributed by atoms with Crippen molar-refractivity contribution in [2.75, 3.05) is 0 Å². The van der Waals surface area contributed by atoms with Gasteiger partial charge < -0.3 is 4.74 Å². The first-order valence-corrected chi connectivity index (χ1v) is 10.5. The molecule has 0 radical (unpaired) electrons. The van der Waals surface area contributed by atoms with Gasteiger partial charge in [0, 0.05) is 18.0 Å². The van der Waals surface area contributed by atoms with Crippen LogP contribution in [0, 0.1) is 12.7 Å². The van der Waals surface area contributed by atoms with Crippen molar-refractivity contribution in [1.82, 2.24) is 14.5 Å². The van der Waals surface area contributed by atoms with E-state index in [2.05, 4.69) is 4.98 Å². The van der Waals surface area contributed by atoms with E-state index in [9.17, 15) is 9.18 Å². The summed E-state index contributed by atoms with van der Waals surface area (Å²) in [4.78, 5) is 22.7. The van der Waals surface area contributed by atoms with Gasteiger partial charge in [-0.15, -0.1) is 0 Å². The fourth-order valence-electron chi connectivity index (χ4n) is 3.75. The molecule has 0 saturated carbocycles. The van der Waals surface area contributed by atoms with Gasteiger partial charge in [-0.25, -0.2) is 9.37 Å².